The number of anilines is 2. The molecule has 2 aliphatic rings. The number of ether oxygens (including phenoxy) is 2. The number of carbonyl (C=O) groups is 2. The number of halogens is 3. The maximum Gasteiger partial charge on any atom is 0.413 e. The molecule has 2 aromatic heterocycles. The number of allylic oxidation sites excluding steroid dienone is 1. The van der Waals surface area contributed by atoms with Crippen LogP contribution in [-0.2, 0) is 9.47 Å². The number of rotatable bonds is 4. The Balaban J connectivity index is 1.43. The van der Waals surface area contributed by atoms with Gasteiger partial charge in [0.25, 0.3) is 0 Å². The van der Waals surface area contributed by atoms with E-state index in [1.165, 1.54) is 12.1 Å². The molecular weight excluding hydrogens is 645 g/mol. The van der Waals surface area contributed by atoms with E-state index in [2.05, 4.69) is 26.8 Å². The zero-order valence-electron chi connectivity index (χ0n) is 27.8. The summed E-state index contributed by atoms with van der Waals surface area (Å²) in [7, 11) is 0. The summed E-state index contributed by atoms with van der Waals surface area (Å²) < 4.78 is 58.1. The number of piperazine rings is 1. The summed E-state index contributed by atoms with van der Waals surface area (Å²) >= 11 is 0.874. The first-order valence-electron chi connectivity index (χ1n) is 15.6. The van der Waals surface area contributed by atoms with Gasteiger partial charge in [-0.2, -0.15) is 14.4 Å². The van der Waals surface area contributed by atoms with Crippen molar-refractivity contribution in [1.29, 1.82) is 0 Å². The molecule has 2 fully saturated rings. The molecule has 14 heteroatoms. The fraction of sp³-hybridized carbons (Fsp3) is 0.441. The van der Waals surface area contributed by atoms with Crippen molar-refractivity contribution in [1.82, 2.24) is 19.9 Å². The highest BCUT2D eigenvalue weighted by molar-refractivity contribution is 7.22. The molecule has 48 heavy (non-hydrogen) atoms. The average molecular weight is 683 g/mol. The minimum atomic E-state index is -1.12. The molecule has 10 nitrogen and oxygen atoms in total. The summed E-state index contributed by atoms with van der Waals surface area (Å²) in [6.45, 7) is 17.0. The number of nitrogens with zero attached hydrogens (tertiary/aromatic N) is 5. The molecule has 2 atom stereocenters. The number of amides is 2. The Morgan fingerprint density at radius 2 is 1.60 bits per heavy atom. The second kappa shape index (κ2) is 11.9. The summed E-state index contributed by atoms with van der Waals surface area (Å²) in [5, 5.41) is 2.84. The first-order valence-corrected chi connectivity index (χ1v) is 16.4. The van der Waals surface area contributed by atoms with E-state index in [4.69, 9.17) is 9.47 Å². The zero-order chi connectivity index (χ0) is 34.9. The summed E-state index contributed by atoms with van der Waals surface area (Å²) in [6.07, 6.45) is -0.816. The van der Waals surface area contributed by atoms with Crippen LogP contribution in [0.25, 0.3) is 37.8 Å². The lowest BCUT2D eigenvalue weighted by Gasteiger charge is -2.42. The molecule has 4 aromatic rings. The number of fused-ring (bicyclic) bond motifs is 4. The van der Waals surface area contributed by atoms with Crippen molar-refractivity contribution < 1.29 is 32.2 Å². The molecule has 2 amide bonds. The first-order chi connectivity index (χ1) is 22.4. The summed E-state index contributed by atoms with van der Waals surface area (Å²) in [5.41, 5.74) is -0.530. The van der Waals surface area contributed by atoms with Crippen molar-refractivity contribution >= 4 is 61.2 Å². The molecular formula is C34H37F3N6O4S. The number of hydrogen-bond acceptors (Lipinski definition) is 9. The highest BCUT2D eigenvalue weighted by atomic mass is 32.1. The molecule has 0 aliphatic carbocycles. The van der Waals surface area contributed by atoms with Crippen molar-refractivity contribution in [3.8, 4) is 11.1 Å². The molecule has 0 saturated carbocycles. The van der Waals surface area contributed by atoms with Gasteiger partial charge in [-0.3, -0.25) is 10.2 Å². The quantitative estimate of drug-likeness (QED) is 0.214. The SMILES string of the molecule is C=C(C)c1cc2c(N3CC4CCC(C3)N4C(=O)OC(C)(C)C)nc(F)nc2c(F)c1-c1ccc(F)c2sc(NC(=O)OC(C)(C)C)nc12. The molecule has 2 bridgehead atoms. The van der Waals surface area contributed by atoms with Crippen molar-refractivity contribution in [3.05, 3.63) is 48.1 Å². The number of aromatic nitrogens is 3. The predicted molar refractivity (Wildman–Crippen MR) is 180 cm³/mol. The Morgan fingerprint density at radius 3 is 2.21 bits per heavy atom. The van der Waals surface area contributed by atoms with Gasteiger partial charge in [-0.05, 0) is 85.1 Å². The van der Waals surface area contributed by atoms with Crippen molar-refractivity contribution in [2.24, 2.45) is 0 Å². The third-order valence-corrected chi connectivity index (χ3v) is 9.08. The molecule has 2 saturated heterocycles. The van der Waals surface area contributed by atoms with E-state index < -0.39 is 41.1 Å². The van der Waals surface area contributed by atoms with E-state index >= 15 is 13.2 Å². The smallest absolute Gasteiger partial charge is 0.413 e. The lowest BCUT2D eigenvalue weighted by atomic mass is 9.92. The Labute approximate surface area is 280 Å². The normalized spacial score (nSPS) is 18.0. The fourth-order valence-corrected chi connectivity index (χ4v) is 7.22. The molecule has 2 unspecified atom stereocenters. The van der Waals surface area contributed by atoms with E-state index in [0.717, 1.165) is 24.2 Å². The van der Waals surface area contributed by atoms with Gasteiger partial charge in [0, 0.05) is 29.6 Å². The van der Waals surface area contributed by atoms with Gasteiger partial charge < -0.3 is 14.4 Å². The van der Waals surface area contributed by atoms with Gasteiger partial charge in [0.1, 0.15) is 28.4 Å². The minimum Gasteiger partial charge on any atom is -0.444 e. The number of nitrogens with one attached hydrogen (secondary N) is 1. The van der Waals surface area contributed by atoms with E-state index in [9.17, 15) is 9.59 Å². The Morgan fingerprint density at radius 1 is 0.958 bits per heavy atom. The largest absolute Gasteiger partial charge is 0.444 e. The van der Waals surface area contributed by atoms with Gasteiger partial charge in [0.2, 0.25) is 0 Å². The van der Waals surface area contributed by atoms with Crippen LogP contribution in [0.5, 0.6) is 0 Å². The zero-order valence-corrected chi connectivity index (χ0v) is 28.6. The average Bonchev–Trinajstić information content (AvgIpc) is 3.49. The van der Waals surface area contributed by atoms with Crippen molar-refractivity contribution in [2.45, 2.75) is 84.6 Å². The summed E-state index contributed by atoms with van der Waals surface area (Å²) in [5.74, 6) is -1.27. The molecule has 0 spiro atoms. The van der Waals surface area contributed by atoms with Crippen LogP contribution in [-0.4, -0.2) is 68.4 Å². The Kier molecular flexibility index (Phi) is 8.29. The van der Waals surface area contributed by atoms with Gasteiger partial charge in [-0.15, -0.1) is 0 Å². The number of benzene rings is 2. The molecule has 0 radical (unpaired) electrons. The fourth-order valence-electron chi connectivity index (χ4n) is 6.34. The molecule has 6 rings (SSSR count). The Hall–Kier alpha value is -4.46. The predicted octanol–water partition coefficient (Wildman–Crippen LogP) is 8.29. The van der Waals surface area contributed by atoms with Crippen molar-refractivity contribution in [2.75, 3.05) is 23.3 Å². The molecule has 2 aromatic carbocycles. The number of hydrogen-bond donors (Lipinski definition) is 1. The lowest BCUT2D eigenvalue weighted by Crippen LogP contribution is -2.57. The highest BCUT2D eigenvalue weighted by Crippen LogP contribution is 2.43. The second-order valence-corrected chi connectivity index (χ2v) is 15.2. The van der Waals surface area contributed by atoms with Gasteiger partial charge >= 0.3 is 18.3 Å². The standard InChI is InChI=1S/C34H37F3N6O4S/c1-16(2)20-13-21-25(38-29(37)40-28(21)42-14-17-9-10-18(15-42)43(17)32(45)47-34(6,7)8)24(36)23(20)19-11-12-22(35)27-26(19)39-30(48-27)41-31(44)46-33(3,4)5/h11-13,17-18H,1,9-10,14-15H2,2-8H3,(H,39,41,44). The van der Waals surface area contributed by atoms with E-state index in [1.54, 1.807) is 38.7 Å². The van der Waals surface area contributed by atoms with Crippen LogP contribution in [0.1, 0.15) is 66.9 Å². The van der Waals surface area contributed by atoms with Gasteiger partial charge in [-0.25, -0.2) is 23.4 Å². The van der Waals surface area contributed by atoms with Crippen LogP contribution in [0.3, 0.4) is 0 Å². The van der Waals surface area contributed by atoms with Crippen molar-refractivity contribution in [3.63, 3.8) is 0 Å². The lowest BCUT2D eigenvalue weighted by molar-refractivity contribution is 0.0122. The van der Waals surface area contributed by atoms with Gasteiger partial charge in [0.05, 0.1) is 22.3 Å². The van der Waals surface area contributed by atoms with Crippen LogP contribution in [0.15, 0.2) is 24.8 Å². The Bertz CT molecular complexity index is 1970. The summed E-state index contributed by atoms with van der Waals surface area (Å²) in [6, 6.07) is 3.84. The maximum atomic E-state index is 16.8. The van der Waals surface area contributed by atoms with E-state index in [-0.39, 0.29) is 55.3 Å². The van der Waals surface area contributed by atoms with Crippen LogP contribution in [0.2, 0.25) is 0 Å². The van der Waals surface area contributed by atoms with Crippen LogP contribution < -0.4 is 10.2 Å². The third-order valence-electron chi connectivity index (χ3n) is 8.10. The van der Waals surface area contributed by atoms with Crippen LogP contribution >= 0.6 is 11.3 Å². The minimum absolute atomic E-state index is 0.00739. The number of thiazole rings is 1. The molecule has 1 N–H and O–H groups in total. The van der Waals surface area contributed by atoms with Gasteiger partial charge in [0.15, 0.2) is 10.9 Å². The van der Waals surface area contributed by atoms with Crippen LogP contribution in [0.4, 0.5) is 33.7 Å². The van der Waals surface area contributed by atoms with Crippen LogP contribution in [0, 0.1) is 17.7 Å². The summed E-state index contributed by atoms with van der Waals surface area (Å²) in [4.78, 5) is 41.5. The topological polar surface area (TPSA) is 110 Å². The van der Waals surface area contributed by atoms with E-state index in [0.29, 0.717) is 24.2 Å². The maximum absolute atomic E-state index is 16.8. The number of carbonyl (C=O) groups excluding carboxylic acids is 2. The highest BCUT2D eigenvalue weighted by Gasteiger charge is 2.45. The molecule has 254 valence electrons. The monoisotopic (exact) mass is 682 g/mol. The second-order valence-electron chi connectivity index (χ2n) is 14.2. The molecule has 4 heterocycles. The molecule has 2 aliphatic heterocycles. The van der Waals surface area contributed by atoms with Gasteiger partial charge in [-0.1, -0.05) is 23.5 Å². The third kappa shape index (κ3) is 6.37. The first kappa shape index (κ1) is 33.4. The van der Waals surface area contributed by atoms with E-state index in [1.807, 2.05) is 25.7 Å².